The van der Waals surface area contributed by atoms with Crippen molar-refractivity contribution in [1.82, 2.24) is 9.97 Å². The van der Waals surface area contributed by atoms with Gasteiger partial charge in [-0.1, -0.05) is 103 Å². The van der Waals surface area contributed by atoms with E-state index in [4.69, 9.17) is 21.9 Å². The van der Waals surface area contributed by atoms with Crippen LogP contribution in [0.1, 0.15) is 42.0 Å². The van der Waals surface area contributed by atoms with Gasteiger partial charge >= 0.3 is 0 Å². The van der Waals surface area contributed by atoms with Crippen LogP contribution in [0.4, 0.5) is 28.8 Å². The van der Waals surface area contributed by atoms with Gasteiger partial charge in [-0.05, 0) is 41.6 Å². The van der Waals surface area contributed by atoms with Gasteiger partial charge in [0.2, 0.25) is 0 Å². The molecule has 0 aliphatic heterocycles. The topological polar surface area (TPSA) is 183 Å². The van der Waals surface area contributed by atoms with Crippen LogP contribution in [0.3, 0.4) is 0 Å². The van der Waals surface area contributed by atoms with E-state index < -0.39 is 0 Å². The van der Waals surface area contributed by atoms with Gasteiger partial charge in [0, 0.05) is 45.6 Å². The Balaban J connectivity index is 1.29. The van der Waals surface area contributed by atoms with Crippen LogP contribution in [-0.2, 0) is 0 Å². The third kappa shape index (κ3) is 7.36. The van der Waals surface area contributed by atoms with Crippen molar-refractivity contribution in [2.45, 2.75) is 19.8 Å². The number of fused-ring (bicyclic) bond motifs is 2. The molecule has 6 aromatic rings. The molecule has 0 saturated carbocycles. The summed E-state index contributed by atoms with van der Waals surface area (Å²) in [5.74, 6) is 1.72. The highest BCUT2D eigenvalue weighted by atomic mass is 16.4. The monoisotopic (exact) mass is 648 g/mol. The zero-order valence-corrected chi connectivity index (χ0v) is 26.9. The fourth-order valence-electron chi connectivity index (χ4n) is 5.34. The van der Waals surface area contributed by atoms with Gasteiger partial charge in [0.1, 0.15) is 23.2 Å². The number of benzene rings is 4. The van der Waals surface area contributed by atoms with Crippen LogP contribution in [-0.4, -0.2) is 33.4 Å². The maximum absolute atomic E-state index is 10.1. The number of nitrogens with zero attached hydrogens (tertiary/aromatic N) is 5. The van der Waals surface area contributed by atoms with Crippen LogP contribution >= 0.6 is 0 Å². The van der Waals surface area contributed by atoms with Gasteiger partial charge in [-0.3, -0.25) is 5.41 Å². The first-order chi connectivity index (χ1) is 23.9. The summed E-state index contributed by atoms with van der Waals surface area (Å²) in [6.07, 6.45) is 7.65. The van der Waals surface area contributed by atoms with Gasteiger partial charge < -0.3 is 27.3 Å². The summed E-state index contributed by atoms with van der Waals surface area (Å²) in [5, 5.41) is 40.7. The molecule has 0 fully saturated rings. The Morgan fingerprint density at radius 3 is 2.24 bits per heavy atom. The number of amidine groups is 2. The molecule has 0 atom stereocenters. The second-order valence-electron chi connectivity index (χ2n) is 11.3. The number of rotatable bonds is 11. The van der Waals surface area contributed by atoms with Crippen molar-refractivity contribution in [2.24, 2.45) is 21.1 Å². The number of hydrogen-bond acceptors (Lipinski definition) is 9. The quantitative estimate of drug-likeness (QED) is 0.0203. The van der Waals surface area contributed by atoms with Crippen LogP contribution in [0, 0.1) is 5.41 Å². The number of pyridine rings is 2. The van der Waals surface area contributed by atoms with E-state index in [9.17, 15) is 5.21 Å². The van der Waals surface area contributed by atoms with E-state index >= 15 is 0 Å². The lowest BCUT2D eigenvalue weighted by molar-refractivity contribution is 0.319. The number of nitrogens with two attached hydrogens (primary N) is 2. The number of oxime groups is 1. The standard InChI is InChI=1S/C38H36N10O/c1-2-3-22-42-38-33(47-46-28-19-17-25(18-20-28)34(39)40)30-10-6-7-11-32(30)37(45-38)44-36(48-49)26-15-12-24(13-16-26)14-21-31-29-9-5-4-8-27(29)23-43-35(31)41/h4-21,23,49H,2-3,22H2,1H3,(H3,39,40)(H2,41,43)(H2,42,44,45,48)/b21-14+,47-46+. The first kappa shape index (κ1) is 32.3. The summed E-state index contributed by atoms with van der Waals surface area (Å²) < 4.78 is 0. The maximum atomic E-state index is 10.1. The van der Waals surface area contributed by atoms with Gasteiger partial charge in [0.25, 0.3) is 0 Å². The minimum absolute atomic E-state index is 0.0111. The average Bonchev–Trinajstić information content (AvgIpc) is 3.13. The van der Waals surface area contributed by atoms with Crippen LogP contribution in [0.5, 0.6) is 0 Å². The Hall–Kier alpha value is -6.62. The molecule has 11 heteroatoms. The third-order valence-corrected chi connectivity index (χ3v) is 7.98. The van der Waals surface area contributed by atoms with Crippen molar-refractivity contribution in [3.8, 4) is 0 Å². The molecule has 49 heavy (non-hydrogen) atoms. The number of nitrogens with one attached hydrogen (secondary N) is 3. The van der Waals surface area contributed by atoms with Crippen molar-refractivity contribution < 1.29 is 5.21 Å². The van der Waals surface area contributed by atoms with E-state index in [-0.39, 0.29) is 11.7 Å². The Morgan fingerprint density at radius 1 is 0.837 bits per heavy atom. The van der Waals surface area contributed by atoms with E-state index in [2.05, 4.69) is 37.9 Å². The lowest BCUT2D eigenvalue weighted by Gasteiger charge is -2.16. The highest BCUT2D eigenvalue weighted by Crippen LogP contribution is 2.38. The van der Waals surface area contributed by atoms with Gasteiger partial charge in [0.05, 0.1) is 5.69 Å². The van der Waals surface area contributed by atoms with Crippen molar-refractivity contribution in [3.63, 3.8) is 0 Å². The molecule has 8 N–H and O–H groups in total. The zero-order valence-electron chi connectivity index (χ0n) is 26.9. The van der Waals surface area contributed by atoms with Crippen LogP contribution in [0.2, 0.25) is 0 Å². The Bertz CT molecular complexity index is 2210. The molecule has 0 bridgehead atoms. The van der Waals surface area contributed by atoms with Gasteiger partial charge in [0.15, 0.2) is 11.7 Å². The van der Waals surface area contributed by atoms with Crippen molar-refractivity contribution >= 4 is 74.2 Å². The SMILES string of the molecule is CCCCNc1nc(N/C(=N/O)c2ccc(/C=C/c3c(N)ncc4ccccc34)cc2)c2ccccc2c1/N=N/c1ccc(C(=N)N)cc1. The normalized spacial score (nSPS) is 11.9. The molecule has 4 aromatic carbocycles. The minimum Gasteiger partial charge on any atom is -0.409 e. The highest BCUT2D eigenvalue weighted by Gasteiger charge is 2.16. The molecular formula is C38H36N10O. The van der Waals surface area contributed by atoms with Gasteiger partial charge in [-0.2, -0.15) is 5.11 Å². The zero-order chi connectivity index (χ0) is 34.2. The van der Waals surface area contributed by atoms with Crippen LogP contribution < -0.4 is 22.1 Å². The predicted octanol–water partition coefficient (Wildman–Crippen LogP) is 8.69. The molecule has 0 aliphatic carbocycles. The number of azo groups is 1. The Kier molecular flexibility index (Phi) is 9.80. The number of hydrogen-bond donors (Lipinski definition) is 6. The fourth-order valence-corrected chi connectivity index (χ4v) is 5.34. The fraction of sp³-hybridized carbons (Fsp3) is 0.105. The average molecular weight is 649 g/mol. The summed E-state index contributed by atoms with van der Waals surface area (Å²) in [4.78, 5) is 9.24. The largest absolute Gasteiger partial charge is 0.409 e. The summed E-state index contributed by atoms with van der Waals surface area (Å²) >= 11 is 0. The summed E-state index contributed by atoms with van der Waals surface area (Å²) in [6, 6.07) is 30.3. The lowest BCUT2D eigenvalue weighted by atomic mass is 10.0. The highest BCUT2D eigenvalue weighted by molar-refractivity contribution is 6.13. The molecule has 244 valence electrons. The molecular weight excluding hydrogens is 612 g/mol. The molecule has 6 rings (SSSR count). The third-order valence-electron chi connectivity index (χ3n) is 7.98. The predicted molar refractivity (Wildman–Crippen MR) is 200 cm³/mol. The van der Waals surface area contributed by atoms with Crippen LogP contribution in [0.15, 0.2) is 119 Å². The smallest absolute Gasteiger partial charge is 0.178 e. The molecule has 0 aliphatic rings. The minimum atomic E-state index is -0.0111. The maximum Gasteiger partial charge on any atom is 0.178 e. The number of aromatic nitrogens is 2. The summed E-state index contributed by atoms with van der Waals surface area (Å²) in [6.45, 7) is 2.81. The van der Waals surface area contributed by atoms with E-state index in [0.717, 1.165) is 45.5 Å². The van der Waals surface area contributed by atoms with Crippen LogP contribution in [0.25, 0.3) is 33.7 Å². The van der Waals surface area contributed by atoms with E-state index in [0.29, 0.717) is 46.5 Å². The molecule has 0 radical (unpaired) electrons. The Morgan fingerprint density at radius 2 is 1.53 bits per heavy atom. The Labute approximate surface area is 283 Å². The number of anilines is 3. The second-order valence-corrected chi connectivity index (χ2v) is 11.3. The van der Waals surface area contributed by atoms with E-state index in [1.165, 1.54) is 0 Å². The van der Waals surface area contributed by atoms with E-state index in [1.807, 2.05) is 84.9 Å². The lowest BCUT2D eigenvalue weighted by Crippen LogP contribution is -2.16. The van der Waals surface area contributed by atoms with Gasteiger partial charge in [-0.25, -0.2) is 9.97 Å². The molecule has 11 nitrogen and oxygen atoms in total. The molecule has 0 saturated heterocycles. The first-order valence-corrected chi connectivity index (χ1v) is 15.9. The summed E-state index contributed by atoms with van der Waals surface area (Å²) in [7, 11) is 0. The van der Waals surface area contributed by atoms with Crippen molar-refractivity contribution in [3.05, 3.63) is 126 Å². The molecule has 0 unspecified atom stereocenters. The molecule has 0 spiro atoms. The molecule has 0 amide bonds. The number of nitrogen functional groups attached to an aromatic ring is 2. The molecule has 2 heterocycles. The van der Waals surface area contributed by atoms with Crippen molar-refractivity contribution in [2.75, 3.05) is 22.9 Å². The first-order valence-electron chi connectivity index (χ1n) is 15.9. The second kappa shape index (κ2) is 14.9. The number of unbranched alkanes of at least 4 members (excludes halogenated alkanes) is 1. The van der Waals surface area contributed by atoms with E-state index in [1.54, 1.807) is 30.5 Å². The summed E-state index contributed by atoms with van der Waals surface area (Å²) in [5.41, 5.74) is 16.1. The molecule has 2 aromatic heterocycles. The van der Waals surface area contributed by atoms with Gasteiger partial charge in [-0.15, -0.1) is 5.11 Å². The van der Waals surface area contributed by atoms with Crippen molar-refractivity contribution in [1.29, 1.82) is 5.41 Å².